The summed E-state index contributed by atoms with van der Waals surface area (Å²) in [5.41, 5.74) is 0. The van der Waals surface area contributed by atoms with Gasteiger partial charge in [-0.25, -0.2) is 0 Å². The number of rotatable bonds is 4. The lowest BCUT2D eigenvalue weighted by molar-refractivity contribution is 0.0547. The van der Waals surface area contributed by atoms with Crippen LogP contribution in [-0.4, -0.2) is 35.2 Å². The second-order valence-electron chi connectivity index (χ2n) is 4.96. The topological polar surface area (TPSA) is 23.5 Å². The van der Waals surface area contributed by atoms with E-state index in [1.807, 2.05) is 0 Å². The van der Waals surface area contributed by atoms with Crippen molar-refractivity contribution >= 4 is 0 Å². The number of β-amino-alcohol motifs (C(OH)–C–C–N with tert-alkyl or cyclic N) is 1. The number of piperidine rings is 1. The molecule has 0 spiro atoms. The molecule has 14 heavy (non-hydrogen) atoms. The van der Waals surface area contributed by atoms with E-state index in [0.29, 0.717) is 5.92 Å². The van der Waals surface area contributed by atoms with Crippen LogP contribution in [0.2, 0.25) is 0 Å². The van der Waals surface area contributed by atoms with Crippen LogP contribution in [0.1, 0.15) is 45.4 Å². The highest BCUT2D eigenvalue weighted by Crippen LogP contribution is 2.33. The summed E-state index contributed by atoms with van der Waals surface area (Å²) in [5, 5.41) is 9.91. The van der Waals surface area contributed by atoms with Crippen molar-refractivity contribution in [1.82, 2.24) is 4.90 Å². The smallest absolute Gasteiger partial charge is 0.0695 e. The second-order valence-corrected chi connectivity index (χ2v) is 4.96. The van der Waals surface area contributed by atoms with Crippen molar-refractivity contribution in [2.75, 3.05) is 13.1 Å². The Morgan fingerprint density at radius 2 is 2.07 bits per heavy atom. The van der Waals surface area contributed by atoms with Crippen molar-refractivity contribution in [3.8, 4) is 0 Å². The maximum atomic E-state index is 9.91. The van der Waals surface area contributed by atoms with Crippen molar-refractivity contribution in [3.63, 3.8) is 0 Å². The molecule has 0 bridgehead atoms. The van der Waals surface area contributed by atoms with Crippen molar-refractivity contribution in [2.24, 2.45) is 5.92 Å². The molecule has 1 aliphatic heterocycles. The van der Waals surface area contributed by atoms with E-state index < -0.39 is 0 Å². The monoisotopic (exact) mass is 197 g/mol. The van der Waals surface area contributed by atoms with Crippen LogP contribution in [0.3, 0.4) is 0 Å². The zero-order chi connectivity index (χ0) is 9.97. The summed E-state index contributed by atoms with van der Waals surface area (Å²) >= 11 is 0. The molecule has 1 saturated carbocycles. The Kier molecular flexibility index (Phi) is 3.45. The van der Waals surface area contributed by atoms with Gasteiger partial charge in [0.2, 0.25) is 0 Å². The van der Waals surface area contributed by atoms with Gasteiger partial charge in [0.05, 0.1) is 6.10 Å². The third-order valence-corrected chi connectivity index (χ3v) is 3.81. The summed E-state index contributed by atoms with van der Waals surface area (Å²) in [6.45, 7) is 4.41. The van der Waals surface area contributed by atoms with E-state index in [0.717, 1.165) is 12.6 Å². The number of hydrogen-bond acceptors (Lipinski definition) is 2. The summed E-state index contributed by atoms with van der Waals surface area (Å²) in [7, 11) is 0. The molecule has 0 amide bonds. The largest absolute Gasteiger partial charge is 0.392 e. The van der Waals surface area contributed by atoms with Crippen LogP contribution >= 0.6 is 0 Å². The van der Waals surface area contributed by atoms with E-state index in [-0.39, 0.29) is 6.10 Å². The highest BCUT2D eigenvalue weighted by atomic mass is 16.3. The van der Waals surface area contributed by atoms with Crippen LogP contribution in [0.15, 0.2) is 0 Å². The van der Waals surface area contributed by atoms with Crippen molar-refractivity contribution in [1.29, 1.82) is 0 Å². The zero-order valence-electron chi connectivity index (χ0n) is 9.28. The maximum Gasteiger partial charge on any atom is 0.0695 e. The molecule has 2 nitrogen and oxygen atoms in total. The predicted molar refractivity (Wildman–Crippen MR) is 58.2 cm³/mol. The number of hydrogen-bond donors (Lipinski definition) is 1. The average molecular weight is 197 g/mol. The molecule has 1 saturated heterocycles. The Hall–Kier alpha value is -0.0800. The minimum Gasteiger partial charge on any atom is -0.392 e. The van der Waals surface area contributed by atoms with E-state index in [2.05, 4.69) is 11.8 Å². The third-order valence-electron chi connectivity index (χ3n) is 3.81. The van der Waals surface area contributed by atoms with Crippen LogP contribution in [0.5, 0.6) is 0 Å². The van der Waals surface area contributed by atoms with Gasteiger partial charge in [-0.1, -0.05) is 13.3 Å². The van der Waals surface area contributed by atoms with Crippen LogP contribution in [0.25, 0.3) is 0 Å². The van der Waals surface area contributed by atoms with E-state index in [4.69, 9.17) is 0 Å². The van der Waals surface area contributed by atoms with Crippen molar-refractivity contribution in [2.45, 2.75) is 57.6 Å². The normalized spacial score (nSPS) is 31.7. The van der Waals surface area contributed by atoms with Crippen LogP contribution in [-0.2, 0) is 0 Å². The van der Waals surface area contributed by atoms with E-state index in [1.165, 1.54) is 45.1 Å². The molecule has 0 aromatic carbocycles. The molecule has 2 heteroatoms. The molecule has 2 aliphatic rings. The third kappa shape index (κ3) is 2.48. The molecule has 0 aromatic heterocycles. The second kappa shape index (κ2) is 4.63. The lowest BCUT2D eigenvalue weighted by Gasteiger charge is -2.36. The van der Waals surface area contributed by atoms with Gasteiger partial charge in [0, 0.05) is 12.6 Å². The Labute approximate surface area is 87.3 Å². The van der Waals surface area contributed by atoms with Crippen molar-refractivity contribution in [3.05, 3.63) is 0 Å². The van der Waals surface area contributed by atoms with Gasteiger partial charge in [-0.15, -0.1) is 0 Å². The SMILES string of the molecule is CCC1CCCCN1CC(O)C1CC1. The highest BCUT2D eigenvalue weighted by molar-refractivity contribution is 4.85. The molecule has 0 radical (unpaired) electrons. The molecule has 82 valence electrons. The minimum atomic E-state index is -0.0397. The molecule has 2 rings (SSSR count). The van der Waals surface area contributed by atoms with Gasteiger partial charge >= 0.3 is 0 Å². The number of nitrogens with zero attached hydrogens (tertiary/aromatic N) is 1. The van der Waals surface area contributed by atoms with Gasteiger partial charge in [0.25, 0.3) is 0 Å². The molecular formula is C12H23NO. The number of likely N-dealkylation sites (tertiary alicyclic amines) is 1. The van der Waals surface area contributed by atoms with Gasteiger partial charge in [-0.05, 0) is 44.6 Å². The summed E-state index contributed by atoms with van der Waals surface area (Å²) in [6.07, 6.45) is 7.77. The minimum absolute atomic E-state index is 0.0397. The molecule has 0 aromatic rings. The molecule has 2 unspecified atom stereocenters. The first-order valence-electron chi connectivity index (χ1n) is 6.23. The molecule has 2 atom stereocenters. The summed E-state index contributed by atoms with van der Waals surface area (Å²) in [6, 6.07) is 0.747. The fourth-order valence-electron chi connectivity index (χ4n) is 2.63. The zero-order valence-corrected chi connectivity index (χ0v) is 9.28. The van der Waals surface area contributed by atoms with Crippen molar-refractivity contribution < 1.29 is 5.11 Å². The average Bonchev–Trinajstić information content (AvgIpc) is 3.02. The van der Waals surface area contributed by atoms with Crippen LogP contribution in [0.4, 0.5) is 0 Å². The Balaban J connectivity index is 1.80. The number of aliphatic hydroxyl groups is 1. The van der Waals surface area contributed by atoms with E-state index in [1.54, 1.807) is 0 Å². The van der Waals surface area contributed by atoms with Gasteiger partial charge in [-0.3, -0.25) is 4.90 Å². The highest BCUT2D eigenvalue weighted by Gasteiger charge is 2.32. The molecular weight excluding hydrogens is 174 g/mol. The number of aliphatic hydroxyl groups excluding tert-OH is 1. The molecule has 2 fully saturated rings. The quantitative estimate of drug-likeness (QED) is 0.745. The first-order valence-corrected chi connectivity index (χ1v) is 6.23. The molecule has 1 heterocycles. The fourth-order valence-corrected chi connectivity index (χ4v) is 2.63. The Morgan fingerprint density at radius 1 is 1.29 bits per heavy atom. The van der Waals surface area contributed by atoms with Gasteiger partial charge in [-0.2, -0.15) is 0 Å². The molecule has 1 N–H and O–H groups in total. The maximum absolute atomic E-state index is 9.91. The summed E-state index contributed by atoms with van der Waals surface area (Å²) in [5.74, 6) is 0.634. The van der Waals surface area contributed by atoms with Gasteiger partial charge in [0.15, 0.2) is 0 Å². The van der Waals surface area contributed by atoms with Crippen LogP contribution in [0, 0.1) is 5.92 Å². The lowest BCUT2D eigenvalue weighted by atomic mass is 9.99. The lowest BCUT2D eigenvalue weighted by Crippen LogP contribution is -2.43. The Bertz CT molecular complexity index is 179. The summed E-state index contributed by atoms with van der Waals surface area (Å²) < 4.78 is 0. The van der Waals surface area contributed by atoms with Crippen LogP contribution < -0.4 is 0 Å². The van der Waals surface area contributed by atoms with Gasteiger partial charge < -0.3 is 5.11 Å². The standard InChI is InChI=1S/C12H23NO/c1-2-11-5-3-4-8-13(11)9-12(14)10-6-7-10/h10-12,14H,2-9H2,1H3. The first kappa shape index (κ1) is 10.4. The fraction of sp³-hybridized carbons (Fsp3) is 1.00. The summed E-state index contributed by atoms with van der Waals surface area (Å²) in [4.78, 5) is 2.52. The first-order chi connectivity index (χ1) is 6.81. The van der Waals surface area contributed by atoms with E-state index in [9.17, 15) is 5.11 Å². The molecule has 1 aliphatic carbocycles. The predicted octanol–water partition coefficient (Wildman–Crippen LogP) is 2.02. The Morgan fingerprint density at radius 3 is 2.71 bits per heavy atom. The van der Waals surface area contributed by atoms with E-state index >= 15 is 0 Å². The van der Waals surface area contributed by atoms with Gasteiger partial charge in [0.1, 0.15) is 0 Å².